The van der Waals surface area contributed by atoms with Crippen LogP contribution in [0.2, 0.25) is 0 Å². The summed E-state index contributed by atoms with van der Waals surface area (Å²) in [5, 5.41) is 10.9. The number of anilines is 1. The molecule has 1 amide bonds. The minimum atomic E-state index is -0.222. The maximum Gasteiger partial charge on any atom is 0.233 e. The number of nitrogen functional groups attached to an aromatic ring is 1. The molecule has 0 radical (unpaired) electrons. The van der Waals surface area contributed by atoms with Gasteiger partial charge >= 0.3 is 0 Å². The highest BCUT2D eigenvalue weighted by atomic mass is 32.2. The van der Waals surface area contributed by atoms with Crippen molar-refractivity contribution in [3.8, 4) is 0 Å². The lowest BCUT2D eigenvalue weighted by molar-refractivity contribution is -0.120. The van der Waals surface area contributed by atoms with E-state index in [1.54, 1.807) is 0 Å². The number of carbonyl (C=O) groups is 1. The fraction of sp³-hybridized carbons (Fsp3) is 0.400. The summed E-state index contributed by atoms with van der Waals surface area (Å²) in [6.07, 6.45) is 0.985. The number of carbonyl (C=O) groups excluding carboxylic acids is 1. The molecule has 0 aliphatic heterocycles. The number of hydrogen-bond acceptors (Lipinski definition) is 6. The van der Waals surface area contributed by atoms with E-state index in [4.69, 9.17) is 5.73 Å². The van der Waals surface area contributed by atoms with Gasteiger partial charge in [0.25, 0.3) is 0 Å². The zero-order valence-corrected chi connectivity index (χ0v) is 14.3. The van der Waals surface area contributed by atoms with E-state index in [2.05, 4.69) is 34.6 Å². The summed E-state index contributed by atoms with van der Waals surface area (Å²) in [5.41, 5.74) is 6.79. The van der Waals surface area contributed by atoms with Crippen molar-refractivity contribution in [1.29, 1.82) is 0 Å². The Morgan fingerprint density at radius 2 is 2.09 bits per heavy atom. The lowest BCUT2D eigenvalue weighted by Crippen LogP contribution is -2.34. The van der Waals surface area contributed by atoms with Gasteiger partial charge in [-0.2, -0.15) is 0 Å². The molecule has 0 unspecified atom stereocenters. The van der Waals surface area contributed by atoms with Crippen LogP contribution in [0.1, 0.15) is 31.7 Å². The van der Waals surface area contributed by atoms with Gasteiger partial charge in [-0.05, 0) is 18.9 Å². The zero-order valence-electron chi connectivity index (χ0n) is 12.7. The van der Waals surface area contributed by atoms with Crippen LogP contribution in [0.5, 0.6) is 0 Å². The van der Waals surface area contributed by atoms with Crippen molar-refractivity contribution in [1.82, 2.24) is 15.5 Å². The Morgan fingerprint density at radius 3 is 2.68 bits per heavy atom. The van der Waals surface area contributed by atoms with Crippen molar-refractivity contribution >= 4 is 34.1 Å². The van der Waals surface area contributed by atoms with E-state index in [0.29, 0.717) is 17.6 Å². The molecule has 7 heteroatoms. The zero-order chi connectivity index (χ0) is 15.9. The third-order valence-corrected chi connectivity index (χ3v) is 5.29. The van der Waals surface area contributed by atoms with Gasteiger partial charge in [0.2, 0.25) is 11.0 Å². The maximum atomic E-state index is 12.2. The first-order valence-corrected chi connectivity index (χ1v) is 8.88. The van der Waals surface area contributed by atoms with Crippen LogP contribution in [-0.2, 0) is 4.79 Å². The second-order valence-corrected chi connectivity index (χ2v) is 7.52. The van der Waals surface area contributed by atoms with Crippen LogP contribution in [0.4, 0.5) is 5.13 Å². The van der Waals surface area contributed by atoms with E-state index in [1.807, 2.05) is 25.1 Å². The molecule has 1 aromatic carbocycles. The Bertz CT molecular complexity index is 603. The summed E-state index contributed by atoms with van der Waals surface area (Å²) in [4.78, 5) is 12.2. The monoisotopic (exact) mass is 336 g/mol. The second kappa shape index (κ2) is 8.14. The highest BCUT2D eigenvalue weighted by Crippen LogP contribution is 2.27. The molecule has 2 aromatic rings. The topological polar surface area (TPSA) is 80.9 Å². The van der Waals surface area contributed by atoms with Crippen LogP contribution < -0.4 is 11.1 Å². The largest absolute Gasteiger partial charge is 0.374 e. The summed E-state index contributed by atoms with van der Waals surface area (Å²) in [6.45, 7) is 4.63. The number of nitrogens with one attached hydrogen (secondary N) is 1. The molecule has 2 rings (SSSR count). The average molecular weight is 336 g/mol. The first kappa shape index (κ1) is 16.8. The highest BCUT2D eigenvalue weighted by Gasteiger charge is 2.18. The van der Waals surface area contributed by atoms with E-state index < -0.39 is 0 Å². The molecule has 0 fully saturated rings. The molecule has 0 aliphatic carbocycles. The molecule has 118 valence electrons. The molecule has 2 atom stereocenters. The molecule has 0 saturated carbocycles. The van der Waals surface area contributed by atoms with E-state index in [9.17, 15) is 4.79 Å². The Kier molecular flexibility index (Phi) is 6.21. The summed E-state index contributed by atoms with van der Waals surface area (Å²) < 4.78 is 0.718. The standard InChI is InChI=1S/C15H20N4OS2/c1-3-11(12-7-5-4-6-8-12)9-17-13(20)10(2)21-15-19-18-14(16)22-15/h4-8,10-11H,3,9H2,1-2H3,(H2,16,18)(H,17,20)/t10-,11-/m1/s1. The van der Waals surface area contributed by atoms with Crippen molar-refractivity contribution < 1.29 is 4.79 Å². The smallest absolute Gasteiger partial charge is 0.233 e. The van der Waals surface area contributed by atoms with Crippen LogP contribution in [0, 0.1) is 0 Å². The van der Waals surface area contributed by atoms with Gasteiger partial charge in [0.15, 0.2) is 4.34 Å². The third-order valence-electron chi connectivity index (χ3n) is 3.36. The number of amides is 1. The van der Waals surface area contributed by atoms with Crippen LogP contribution in [0.15, 0.2) is 34.7 Å². The molecule has 1 heterocycles. The molecule has 0 aliphatic rings. The quantitative estimate of drug-likeness (QED) is 0.760. The number of nitrogens with two attached hydrogens (primary N) is 1. The van der Waals surface area contributed by atoms with Crippen LogP contribution in [0.25, 0.3) is 0 Å². The first-order chi connectivity index (χ1) is 10.6. The van der Waals surface area contributed by atoms with Gasteiger partial charge in [0, 0.05) is 12.5 Å². The Labute approximate surface area is 138 Å². The fourth-order valence-electron chi connectivity index (χ4n) is 2.06. The predicted molar refractivity (Wildman–Crippen MR) is 92.1 cm³/mol. The molecule has 0 bridgehead atoms. The van der Waals surface area contributed by atoms with Crippen LogP contribution in [-0.4, -0.2) is 27.9 Å². The second-order valence-electron chi connectivity index (χ2n) is 4.93. The highest BCUT2D eigenvalue weighted by molar-refractivity contribution is 8.02. The third kappa shape index (κ3) is 4.71. The lowest BCUT2D eigenvalue weighted by atomic mass is 9.96. The number of nitrogens with zero attached hydrogens (tertiary/aromatic N) is 2. The predicted octanol–water partition coefficient (Wildman–Crippen LogP) is 2.91. The van der Waals surface area contributed by atoms with Crippen molar-refractivity contribution in [2.24, 2.45) is 0 Å². The Balaban J connectivity index is 1.85. The van der Waals surface area contributed by atoms with E-state index in [-0.39, 0.29) is 11.2 Å². The van der Waals surface area contributed by atoms with Gasteiger partial charge in [-0.15, -0.1) is 10.2 Å². The van der Waals surface area contributed by atoms with Gasteiger partial charge in [0.1, 0.15) is 0 Å². The molecule has 0 saturated heterocycles. The van der Waals surface area contributed by atoms with Gasteiger partial charge in [-0.25, -0.2) is 0 Å². The van der Waals surface area contributed by atoms with Gasteiger partial charge in [0.05, 0.1) is 5.25 Å². The summed E-state index contributed by atoms with van der Waals surface area (Å²) >= 11 is 2.68. The molecular weight excluding hydrogens is 316 g/mol. The minimum absolute atomic E-state index is 0.00755. The minimum Gasteiger partial charge on any atom is -0.374 e. The summed E-state index contributed by atoms with van der Waals surface area (Å²) in [5.74, 6) is 0.340. The lowest BCUT2D eigenvalue weighted by Gasteiger charge is -2.17. The molecule has 5 nitrogen and oxygen atoms in total. The summed E-state index contributed by atoms with van der Waals surface area (Å²) in [6, 6.07) is 10.3. The van der Waals surface area contributed by atoms with Crippen molar-refractivity contribution in [2.75, 3.05) is 12.3 Å². The van der Waals surface area contributed by atoms with E-state index >= 15 is 0 Å². The Hall–Kier alpha value is -1.60. The van der Waals surface area contributed by atoms with Crippen molar-refractivity contribution in [2.45, 2.75) is 35.8 Å². The van der Waals surface area contributed by atoms with Gasteiger partial charge in [-0.1, -0.05) is 60.4 Å². The van der Waals surface area contributed by atoms with Gasteiger partial charge < -0.3 is 11.1 Å². The van der Waals surface area contributed by atoms with Crippen LogP contribution >= 0.6 is 23.1 Å². The van der Waals surface area contributed by atoms with Crippen molar-refractivity contribution in [3.63, 3.8) is 0 Å². The van der Waals surface area contributed by atoms with Crippen LogP contribution in [0.3, 0.4) is 0 Å². The van der Waals surface area contributed by atoms with E-state index in [1.165, 1.54) is 28.7 Å². The molecule has 0 spiro atoms. The molecule has 22 heavy (non-hydrogen) atoms. The maximum absolute atomic E-state index is 12.2. The van der Waals surface area contributed by atoms with E-state index in [0.717, 1.165) is 10.8 Å². The SMILES string of the molecule is CC[C@H](CNC(=O)[C@@H](C)Sc1nnc(N)s1)c1ccccc1. The number of thioether (sulfide) groups is 1. The molecule has 1 aromatic heterocycles. The molecular formula is C15H20N4OS2. The summed E-state index contributed by atoms with van der Waals surface area (Å²) in [7, 11) is 0. The normalized spacial score (nSPS) is 13.5. The number of rotatable bonds is 7. The number of hydrogen-bond donors (Lipinski definition) is 2. The van der Waals surface area contributed by atoms with Crippen molar-refractivity contribution in [3.05, 3.63) is 35.9 Å². The number of aromatic nitrogens is 2. The fourth-order valence-corrected chi connectivity index (χ4v) is 3.87. The molecule has 3 N–H and O–H groups in total. The van der Waals surface area contributed by atoms with Gasteiger partial charge in [-0.3, -0.25) is 4.79 Å². The number of benzene rings is 1. The average Bonchev–Trinajstić information content (AvgIpc) is 2.93. The first-order valence-electron chi connectivity index (χ1n) is 7.18. The Morgan fingerprint density at radius 1 is 1.36 bits per heavy atom.